The zero-order chi connectivity index (χ0) is 56.1. The molecule has 0 heterocycles. The predicted octanol–water partition coefficient (Wildman–Crippen LogP) is -3.42. The summed E-state index contributed by atoms with van der Waals surface area (Å²) < 4.78 is 129. The molecule has 5 aliphatic rings. The van der Waals surface area contributed by atoms with Crippen LogP contribution in [0.3, 0.4) is 0 Å². The number of carbonyl (C=O) groups is 4. The van der Waals surface area contributed by atoms with Gasteiger partial charge in [-0.05, 0) is 109 Å². The van der Waals surface area contributed by atoms with Crippen molar-refractivity contribution in [3.63, 3.8) is 0 Å². The summed E-state index contributed by atoms with van der Waals surface area (Å²) in [6.45, 7) is 25.3. The van der Waals surface area contributed by atoms with Crippen molar-refractivity contribution in [3.8, 4) is 0 Å². The summed E-state index contributed by atoms with van der Waals surface area (Å²) in [5.41, 5.74) is 0. The van der Waals surface area contributed by atoms with Gasteiger partial charge < -0.3 is 14.9 Å². The molecule has 3 amide bonds. The number of hydrogen-bond donors (Lipinski definition) is 3. The van der Waals surface area contributed by atoms with Gasteiger partial charge in [-0.15, -0.1) is 0 Å². The molecule has 5 aliphatic carbocycles. The number of ether oxygens (including phenoxy) is 1. The van der Waals surface area contributed by atoms with Crippen LogP contribution in [0.4, 0.5) is 0 Å². The minimum absolute atomic E-state index is 0. The van der Waals surface area contributed by atoms with Gasteiger partial charge in [0.1, 0.15) is 10.5 Å². The molecular formula is C44H81K2N5O17S5. The van der Waals surface area contributed by atoms with Crippen LogP contribution >= 0.6 is 0 Å². The Hall–Kier alpha value is 0.00273. The molecule has 0 aliphatic heterocycles. The van der Waals surface area contributed by atoms with Crippen LogP contribution in [0.5, 0.6) is 0 Å². The van der Waals surface area contributed by atoms with Gasteiger partial charge >= 0.3 is 103 Å². The minimum atomic E-state index is -3.58. The van der Waals surface area contributed by atoms with Crippen LogP contribution in [-0.4, -0.2) is 116 Å². The van der Waals surface area contributed by atoms with E-state index in [-0.39, 0.29) is 161 Å². The first-order valence-corrected chi connectivity index (χ1v) is 31.1. The van der Waals surface area contributed by atoms with Crippen molar-refractivity contribution >= 4 is 85.4 Å². The van der Waals surface area contributed by atoms with Crippen LogP contribution in [0.1, 0.15) is 168 Å². The van der Waals surface area contributed by atoms with E-state index in [4.69, 9.17) is 4.74 Å². The summed E-state index contributed by atoms with van der Waals surface area (Å²) >= 11 is 0. The van der Waals surface area contributed by atoms with E-state index < -0.39 is 93.9 Å². The van der Waals surface area contributed by atoms with Gasteiger partial charge in [-0.3, -0.25) is 33.3 Å². The summed E-state index contributed by atoms with van der Waals surface area (Å²) in [5.74, 6) is -3.51. The van der Waals surface area contributed by atoms with Crippen LogP contribution in [-0.2, 0) is 74.0 Å². The molecule has 3 N–H and O–H groups in total. The topological polar surface area (TPSA) is 355 Å². The molecule has 0 aromatic heterocycles. The van der Waals surface area contributed by atoms with Crippen molar-refractivity contribution < 1.29 is 179 Å². The molecule has 0 bridgehead atoms. The molecule has 0 saturated heterocycles. The number of nitrogens with zero attached hydrogens (tertiary/aromatic N) is 2. The van der Waals surface area contributed by atoms with E-state index in [1.54, 1.807) is 90.0 Å². The number of Topliss-reactive ketones (excluding diaryl/α,β-unsaturated/α-hetero) is 1. The van der Waals surface area contributed by atoms with Crippen molar-refractivity contribution in [3.05, 3.63) is 0 Å². The summed E-state index contributed by atoms with van der Waals surface area (Å²) in [7, 11) is -15.9. The molecule has 0 atom stereocenters. The molecule has 0 spiro atoms. The van der Waals surface area contributed by atoms with E-state index >= 15 is 0 Å². The van der Waals surface area contributed by atoms with Crippen LogP contribution in [0.15, 0.2) is 8.80 Å². The number of amides is 3. The Balaban J connectivity index is -0.000000812. The third-order valence-electron chi connectivity index (χ3n) is 11.4. The number of ketones is 1. The first-order chi connectivity index (χ1) is 31.9. The Bertz CT molecular complexity index is 2480. The van der Waals surface area contributed by atoms with Crippen molar-refractivity contribution in [1.82, 2.24) is 14.2 Å². The maximum Gasteiger partial charge on any atom is 1.00 e. The summed E-state index contributed by atoms with van der Waals surface area (Å²) in [4.78, 5) is 43.6. The molecule has 5 fully saturated rings. The largest absolute Gasteiger partial charge is 1.00 e. The first-order valence-electron chi connectivity index (χ1n) is 23.6. The number of methoxy groups -OCH3 is 1. The number of rotatable bonds is 18. The van der Waals surface area contributed by atoms with E-state index in [1.165, 1.54) is 7.11 Å². The summed E-state index contributed by atoms with van der Waals surface area (Å²) in [5, 5.41) is 21.3. The van der Waals surface area contributed by atoms with E-state index in [0.29, 0.717) is 64.2 Å². The summed E-state index contributed by atoms with van der Waals surface area (Å²) in [6, 6.07) is 0. The second kappa shape index (κ2) is 31.7. The second-order valence-corrected chi connectivity index (χ2v) is 31.0. The number of nitrogens with one attached hydrogen (secondary N) is 3. The molecule has 416 valence electrons. The SMILES string of the molecule is CC(=O)C(C)C.CC(C)C(=O)NS(=O)(=O)C1(C)CC1.CC(C)C(=O)NS(=O)(=O)C1CC1.CC(C)C([O-])=NS(=O)(=O)C1(C)CC1.CC(C)C([O-])=NS(=O)(=O)C1CC1.COCC1(S(=O)(=O)NC(=O)C(C)C)CC1.[K+].[K+]. The van der Waals surface area contributed by atoms with Crippen LogP contribution in [0.2, 0.25) is 0 Å². The van der Waals surface area contributed by atoms with Gasteiger partial charge in [-0.1, -0.05) is 83.1 Å². The monoisotopic (exact) mass is 1190 g/mol. The van der Waals surface area contributed by atoms with Crippen molar-refractivity contribution in [1.29, 1.82) is 0 Å². The van der Waals surface area contributed by atoms with Gasteiger partial charge in [-0.2, -0.15) is 8.80 Å². The second-order valence-electron chi connectivity index (χ2n) is 20.8. The molecule has 29 heteroatoms. The third kappa shape index (κ3) is 27.6. The zero-order valence-corrected chi connectivity index (χ0v) is 56.6. The smallest absolute Gasteiger partial charge is 0.861 e. The molecule has 0 aromatic carbocycles. The summed E-state index contributed by atoms with van der Waals surface area (Å²) in [6.07, 6.45) is 6.30. The van der Waals surface area contributed by atoms with E-state index in [0.717, 1.165) is 0 Å². The Morgan fingerprint density at radius 1 is 0.521 bits per heavy atom. The van der Waals surface area contributed by atoms with Crippen molar-refractivity contribution in [2.45, 2.75) is 193 Å². The number of carbonyl (C=O) groups excluding carboxylic acids is 4. The van der Waals surface area contributed by atoms with Crippen LogP contribution in [0, 0.1) is 35.5 Å². The third-order valence-corrected chi connectivity index (χ3v) is 21.4. The van der Waals surface area contributed by atoms with Crippen LogP contribution in [0.25, 0.3) is 0 Å². The molecular weight excluding hydrogens is 1110 g/mol. The molecule has 0 unspecified atom stereocenters. The van der Waals surface area contributed by atoms with E-state index in [1.807, 2.05) is 13.8 Å². The minimum Gasteiger partial charge on any atom is -0.861 e. The van der Waals surface area contributed by atoms with Crippen molar-refractivity contribution in [2.24, 2.45) is 44.3 Å². The van der Waals surface area contributed by atoms with Gasteiger partial charge in [0.25, 0.3) is 20.0 Å². The Morgan fingerprint density at radius 2 is 0.849 bits per heavy atom. The average Bonchev–Trinajstić information content (AvgIpc) is 3.98. The van der Waals surface area contributed by atoms with E-state index in [9.17, 15) is 71.5 Å². The van der Waals surface area contributed by atoms with E-state index in [2.05, 4.69) is 23.0 Å². The van der Waals surface area contributed by atoms with Gasteiger partial charge in [0.15, 0.2) is 0 Å². The van der Waals surface area contributed by atoms with Crippen molar-refractivity contribution in [2.75, 3.05) is 13.7 Å². The fourth-order valence-electron chi connectivity index (χ4n) is 4.23. The Kier molecular flexibility index (Phi) is 33.5. The number of hydrogen-bond acceptors (Lipinski definition) is 17. The Labute approximate surface area is 522 Å². The molecule has 5 rings (SSSR count). The zero-order valence-electron chi connectivity index (χ0n) is 46.3. The first kappa shape index (κ1) is 77.2. The fraction of sp³-hybridized carbons (Fsp3) is 0.864. The quantitative estimate of drug-likeness (QED) is 0.0683. The number of sulfonamides is 5. The molecule has 5 saturated carbocycles. The van der Waals surface area contributed by atoms with Crippen LogP contribution < -0.4 is 127 Å². The molecule has 73 heavy (non-hydrogen) atoms. The van der Waals surface area contributed by atoms with Gasteiger partial charge in [0.2, 0.25) is 47.8 Å². The molecule has 0 radical (unpaired) electrons. The molecule has 0 aromatic rings. The molecule has 22 nitrogen and oxygen atoms in total. The fourth-order valence-corrected chi connectivity index (χ4v) is 11.3. The van der Waals surface area contributed by atoms with Gasteiger partial charge in [0, 0.05) is 30.8 Å². The maximum atomic E-state index is 11.8. The predicted molar refractivity (Wildman–Crippen MR) is 269 cm³/mol. The average molecular weight is 1190 g/mol. The standard InChI is InChI=1S/C9H17NO4S.2C8H15NO3S.2C7H13NO3S.C5H10O.2K/c1-7(2)8(11)10-15(12,13)9(4-5-9)6-14-3;2*1-6(2)7(10)9-13(11,12)8(3)4-5-8;2*1-5(2)7(9)8-12(10,11)6-3-4-6;1-4(2)5(3)6;;/h7H,4-6H2,1-3H3,(H,10,11);2*6H,4-5H2,1-3H3,(H,9,10);2*5-6H,3-4H2,1-2H3,(H,8,9);4H,1-3H3;;/q;;;;;;2*+1/p-2. The van der Waals surface area contributed by atoms with Gasteiger partial charge in [0.05, 0.1) is 26.6 Å². The van der Waals surface area contributed by atoms with Gasteiger partial charge in [-0.25, -0.2) is 42.1 Å². The Morgan fingerprint density at radius 3 is 1.12 bits per heavy atom. The normalized spacial score (nSPS) is 18.4. The maximum absolute atomic E-state index is 11.8.